The van der Waals surface area contributed by atoms with E-state index in [1.165, 1.54) is 11.5 Å². The first kappa shape index (κ1) is 25.8. The first-order valence-electron chi connectivity index (χ1n) is 10.7. The van der Waals surface area contributed by atoms with E-state index in [4.69, 9.17) is 4.74 Å². The van der Waals surface area contributed by atoms with Crippen LogP contribution in [0.25, 0.3) is 10.9 Å². The van der Waals surface area contributed by atoms with Crippen molar-refractivity contribution in [3.63, 3.8) is 0 Å². The molecule has 3 rings (SSSR count). The number of ether oxygens (including phenoxy) is 1. The molecule has 1 atom stereocenters. The Hall–Kier alpha value is -2.85. The monoisotopic (exact) mass is 496 g/mol. The topological polar surface area (TPSA) is 77.4 Å². The molecular weight excluding hydrogens is 469 g/mol. The number of para-hydroxylation sites is 1. The van der Waals surface area contributed by atoms with Gasteiger partial charge in [-0.1, -0.05) is 35.9 Å². The number of aryl methyl sites for hydroxylation is 3. The van der Waals surface area contributed by atoms with Gasteiger partial charge in [-0.05, 0) is 51.8 Å². The molecule has 1 heterocycles. The number of hydrogen-bond donors (Lipinski definition) is 1. The van der Waals surface area contributed by atoms with Gasteiger partial charge in [-0.3, -0.25) is 0 Å². The lowest BCUT2D eigenvalue weighted by atomic mass is 10.1. The van der Waals surface area contributed by atoms with Crippen molar-refractivity contribution in [3.8, 4) is 0 Å². The third kappa shape index (κ3) is 4.97. The number of sulfonamides is 1. The molecular formula is C24H27F3N2O4S. The van der Waals surface area contributed by atoms with Crippen LogP contribution in [0.2, 0.25) is 0 Å². The Labute approximate surface area is 196 Å². The minimum atomic E-state index is -4.89. The number of nitrogens with zero attached hydrogens (tertiary/aromatic N) is 1. The number of rotatable bonds is 7. The van der Waals surface area contributed by atoms with Crippen molar-refractivity contribution in [1.82, 2.24) is 9.29 Å². The summed E-state index contributed by atoms with van der Waals surface area (Å²) in [5, 5.41) is 0.437. The molecule has 34 heavy (non-hydrogen) atoms. The summed E-state index contributed by atoms with van der Waals surface area (Å²) in [5.74, 6) is -0.648. The number of esters is 1. The molecule has 6 nitrogen and oxygen atoms in total. The molecule has 0 saturated heterocycles. The Kier molecular flexibility index (Phi) is 7.14. The summed E-state index contributed by atoms with van der Waals surface area (Å²) in [6, 6.07) is 7.31. The smallest absolute Gasteiger partial charge is 0.406 e. The molecule has 0 radical (unpaired) electrons. The normalized spacial score (nSPS) is 13.3. The molecule has 0 aliphatic heterocycles. The van der Waals surface area contributed by atoms with E-state index in [0.717, 1.165) is 5.56 Å². The Morgan fingerprint density at radius 1 is 1.09 bits per heavy atom. The van der Waals surface area contributed by atoms with E-state index < -0.39 is 34.8 Å². The van der Waals surface area contributed by atoms with Crippen molar-refractivity contribution < 1.29 is 31.1 Å². The van der Waals surface area contributed by atoms with Crippen molar-refractivity contribution in [2.24, 2.45) is 0 Å². The molecule has 0 saturated carbocycles. The van der Waals surface area contributed by atoms with Gasteiger partial charge in [-0.2, -0.15) is 17.9 Å². The third-order valence-electron chi connectivity index (χ3n) is 5.64. The number of carbonyl (C=O) groups excluding carboxylic acids is 1. The lowest BCUT2D eigenvalue weighted by Crippen LogP contribution is -2.48. The number of alkyl halides is 3. The van der Waals surface area contributed by atoms with Gasteiger partial charge < -0.3 is 9.30 Å². The first-order valence-corrected chi connectivity index (χ1v) is 12.2. The van der Waals surface area contributed by atoms with Gasteiger partial charge in [0, 0.05) is 23.1 Å². The fraction of sp³-hybridized carbons (Fsp3) is 0.375. The maximum atomic E-state index is 14.1. The SMILES string of the molecule is CCOC(=O)c1c(C)n(CC(NS(=O)(=O)c2c(C)cc(C)cc2C)C(F)(F)F)c2ccccc12. The van der Waals surface area contributed by atoms with Gasteiger partial charge in [0.15, 0.2) is 0 Å². The average molecular weight is 497 g/mol. The summed E-state index contributed by atoms with van der Waals surface area (Å²) < 4.78 is 76.7. The van der Waals surface area contributed by atoms with Gasteiger partial charge in [-0.15, -0.1) is 0 Å². The summed E-state index contributed by atoms with van der Waals surface area (Å²) in [5.41, 5.74) is 2.32. The molecule has 184 valence electrons. The van der Waals surface area contributed by atoms with Crippen LogP contribution in [0.5, 0.6) is 0 Å². The van der Waals surface area contributed by atoms with Crippen molar-refractivity contribution >= 4 is 26.9 Å². The number of benzene rings is 2. The Balaban J connectivity index is 2.09. The molecule has 1 aromatic heterocycles. The number of aromatic nitrogens is 1. The number of fused-ring (bicyclic) bond motifs is 1. The third-order valence-corrected chi connectivity index (χ3v) is 7.42. The maximum absolute atomic E-state index is 14.1. The molecule has 1 unspecified atom stereocenters. The fourth-order valence-electron chi connectivity index (χ4n) is 4.35. The van der Waals surface area contributed by atoms with Crippen LogP contribution in [0, 0.1) is 27.7 Å². The highest BCUT2D eigenvalue weighted by atomic mass is 32.2. The number of nitrogens with one attached hydrogen (secondary N) is 1. The zero-order valence-corrected chi connectivity index (χ0v) is 20.4. The summed E-state index contributed by atoms with van der Waals surface area (Å²) in [7, 11) is -4.50. The first-order chi connectivity index (χ1) is 15.8. The molecule has 0 bridgehead atoms. The molecule has 0 fully saturated rings. The van der Waals surface area contributed by atoms with Crippen LogP contribution in [-0.4, -0.2) is 37.8 Å². The number of hydrogen-bond acceptors (Lipinski definition) is 4. The van der Waals surface area contributed by atoms with E-state index in [1.807, 2.05) is 4.72 Å². The second-order valence-electron chi connectivity index (χ2n) is 8.25. The van der Waals surface area contributed by atoms with Crippen LogP contribution in [0.4, 0.5) is 13.2 Å². The summed E-state index contributed by atoms with van der Waals surface area (Å²) in [6.45, 7) is 7.39. The van der Waals surface area contributed by atoms with Crippen LogP contribution >= 0.6 is 0 Å². The zero-order valence-electron chi connectivity index (χ0n) is 19.6. The second kappa shape index (κ2) is 9.42. The van der Waals surface area contributed by atoms with Gasteiger partial charge >= 0.3 is 12.1 Å². The van der Waals surface area contributed by atoms with Crippen LogP contribution in [0.15, 0.2) is 41.3 Å². The number of carbonyl (C=O) groups is 1. The van der Waals surface area contributed by atoms with E-state index in [9.17, 15) is 26.4 Å². The predicted molar refractivity (Wildman–Crippen MR) is 123 cm³/mol. The van der Waals surface area contributed by atoms with Crippen molar-refractivity contribution in [2.45, 2.75) is 58.3 Å². The van der Waals surface area contributed by atoms with Gasteiger partial charge in [-0.25, -0.2) is 13.2 Å². The highest BCUT2D eigenvalue weighted by Gasteiger charge is 2.43. The lowest BCUT2D eigenvalue weighted by molar-refractivity contribution is -0.154. The Bertz CT molecular complexity index is 1320. The minimum absolute atomic E-state index is 0.109. The van der Waals surface area contributed by atoms with Crippen molar-refractivity contribution in [1.29, 1.82) is 0 Å². The minimum Gasteiger partial charge on any atom is -0.462 e. The van der Waals surface area contributed by atoms with Crippen LogP contribution in [0.1, 0.15) is 39.7 Å². The highest BCUT2D eigenvalue weighted by molar-refractivity contribution is 7.89. The van der Waals surface area contributed by atoms with E-state index in [1.54, 1.807) is 64.1 Å². The standard InChI is InChI=1S/C24H27F3N2O4S/c1-6-33-23(30)21-17(5)29(19-10-8-7-9-18(19)21)13-20(24(25,26)27)28-34(31,32)22-15(3)11-14(2)12-16(22)4/h7-12,20,28H,6,13H2,1-5H3. The molecule has 2 aromatic carbocycles. The average Bonchev–Trinajstić information content (AvgIpc) is 2.97. The van der Waals surface area contributed by atoms with Crippen LogP contribution in [-0.2, 0) is 21.3 Å². The summed E-state index contributed by atoms with van der Waals surface area (Å²) in [4.78, 5) is 12.3. The molecule has 3 aromatic rings. The molecule has 0 amide bonds. The van der Waals surface area contributed by atoms with E-state index in [2.05, 4.69) is 0 Å². The molecule has 0 aliphatic carbocycles. The Morgan fingerprint density at radius 2 is 1.68 bits per heavy atom. The van der Waals surface area contributed by atoms with E-state index in [-0.39, 0.29) is 22.8 Å². The van der Waals surface area contributed by atoms with Gasteiger partial charge in [0.05, 0.1) is 17.1 Å². The quantitative estimate of drug-likeness (QED) is 0.469. The molecule has 1 N–H and O–H groups in total. The Morgan fingerprint density at radius 3 is 2.24 bits per heavy atom. The largest absolute Gasteiger partial charge is 0.462 e. The second-order valence-corrected chi connectivity index (χ2v) is 9.90. The molecule has 0 aliphatic rings. The number of halogens is 3. The molecule has 0 spiro atoms. The van der Waals surface area contributed by atoms with Crippen LogP contribution in [0.3, 0.4) is 0 Å². The fourth-order valence-corrected chi connectivity index (χ4v) is 6.02. The van der Waals surface area contributed by atoms with Crippen molar-refractivity contribution in [3.05, 3.63) is 64.3 Å². The lowest BCUT2D eigenvalue weighted by Gasteiger charge is -2.24. The van der Waals surface area contributed by atoms with Gasteiger partial charge in [0.25, 0.3) is 0 Å². The van der Waals surface area contributed by atoms with Gasteiger partial charge in [0.1, 0.15) is 6.04 Å². The van der Waals surface area contributed by atoms with Crippen molar-refractivity contribution in [2.75, 3.05) is 6.61 Å². The maximum Gasteiger partial charge on any atom is 0.406 e. The van der Waals surface area contributed by atoms with E-state index >= 15 is 0 Å². The van der Waals surface area contributed by atoms with E-state index in [0.29, 0.717) is 22.0 Å². The summed E-state index contributed by atoms with van der Waals surface area (Å²) in [6.07, 6.45) is -4.89. The molecule has 10 heteroatoms. The van der Waals surface area contributed by atoms with Crippen LogP contribution < -0.4 is 4.72 Å². The summed E-state index contributed by atoms with van der Waals surface area (Å²) >= 11 is 0. The predicted octanol–water partition coefficient (Wildman–Crippen LogP) is 4.96. The zero-order chi connectivity index (χ0) is 25.4. The highest BCUT2D eigenvalue weighted by Crippen LogP contribution is 2.31. The van der Waals surface area contributed by atoms with Gasteiger partial charge in [0.2, 0.25) is 10.0 Å².